The topological polar surface area (TPSA) is 115 Å². The Hall–Kier alpha value is -3.44. The van der Waals surface area contributed by atoms with Crippen molar-refractivity contribution in [3.05, 3.63) is 70.2 Å². The van der Waals surface area contributed by atoms with E-state index in [0.29, 0.717) is 23.4 Å². The molecule has 11 heteroatoms. The number of carbonyl (C=O) groups is 1. The minimum atomic E-state index is -0.497. The fraction of sp³-hybridized carbons (Fsp3) is 0.136. The number of carbonyl (C=O) groups excluding carboxylic acids is 1. The highest BCUT2D eigenvalue weighted by molar-refractivity contribution is 7.16. The summed E-state index contributed by atoms with van der Waals surface area (Å²) in [5, 5.41) is 17.5. The van der Waals surface area contributed by atoms with Gasteiger partial charge in [-0.05, 0) is 42.0 Å². The lowest BCUT2D eigenvalue weighted by atomic mass is 10.1. The largest absolute Gasteiger partial charge is 0.394 e. The zero-order valence-corrected chi connectivity index (χ0v) is 18.7. The van der Waals surface area contributed by atoms with Gasteiger partial charge in [0.05, 0.1) is 51.8 Å². The van der Waals surface area contributed by atoms with Gasteiger partial charge in [0.1, 0.15) is 5.52 Å². The molecule has 2 N–H and O–H groups in total. The molecule has 0 bridgehead atoms. The SMILES string of the molecule is O=C(NOCCO)c1ccc(-c2ccc3nnn(Cc4ccc5ncsc5c4)c3n2)cc1Cl. The number of aliphatic hydroxyl groups is 1. The van der Waals surface area contributed by atoms with Crippen molar-refractivity contribution < 1.29 is 14.7 Å². The number of hydroxylamine groups is 1. The summed E-state index contributed by atoms with van der Waals surface area (Å²) in [5.41, 5.74) is 9.12. The Labute approximate surface area is 196 Å². The van der Waals surface area contributed by atoms with Gasteiger partial charge in [0.25, 0.3) is 5.91 Å². The average molecular weight is 481 g/mol. The number of nitrogens with zero attached hydrogens (tertiary/aromatic N) is 5. The summed E-state index contributed by atoms with van der Waals surface area (Å²) < 4.78 is 2.87. The molecule has 0 aliphatic carbocycles. The number of hydrogen-bond acceptors (Lipinski definition) is 8. The highest BCUT2D eigenvalue weighted by Crippen LogP contribution is 2.26. The van der Waals surface area contributed by atoms with Gasteiger partial charge in [-0.15, -0.1) is 16.4 Å². The molecule has 0 aliphatic heterocycles. The minimum Gasteiger partial charge on any atom is -0.394 e. The van der Waals surface area contributed by atoms with Crippen molar-refractivity contribution in [2.45, 2.75) is 6.54 Å². The van der Waals surface area contributed by atoms with E-state index in [9.17, 15) is 4.79 Å². The Balaban J connectivity index is 1.42. The zero-order valence-electron chi connectivity index (χ0n) is 17.1. The van der Waals surface area contributed by atoms with E-state index < -0.39 is 5.91 Å². The Bertz CT molecular complexity index is 1470. The Morgan fingerprint density at radius 1 is 1.15 bits per heavy atom. The average Bonchev–Trinajstić information content (AvgIpc) is 3.45. The molecule has 9 nitrogen and oxygen atoms in total. The molecule has 0 atom stereocenters. The van der Waals surface area contributed by atoms with Crippen LogP contribution in [0.25, 0.3) is 32.6 Å². The van der Waals surface area contributed by atoms with E-state index >= 15 is 0 Å². The molecule has 3 heterocycles. The van der Waals surface area contributed by atoms with Crippen LogP contribution in [0.5, 0.6) is 0 Å². The highest BCUT2D eigenvalue weighted by Gasteiger charge is 2.14. The number of thiazole rings is 1. The maximum absolute atomic E-state index is 12.2. The number of amides is 1. The van der Waals surface area contributed by atoms with Gasteiger partial charge >= 0.3 is 0 Å². The Morgan fingerprint density at radius 3 is 2.88 bits per heavy atom. The van der Waals surface area contributed by atoms with Gasteiger partial charge in [0.15, 0.2) is 5.65 Å². The highest BCUT2D eigenvalue weighted by atomic mass is 35.5. The molecular formula is C22H17ClN6O3S. The van der Waals surface area contributed by atoms with Crippen molar-refractivity contribution in [2.75, 3.05) is 13.2 Å². The lowest BCUT2D eigenvalue weighted by Crippen LogP contribution is -2.25. The maximum atomic E-state index is 12.2. The molecule has 0 aliphatic rings. The molecular weight excluding hydrogens is 464 g/mol. The molecule has 0 radical (unpaired) electrons. The van der Waals surface area contributed by atoms with Gasteiger partial charge in [-0.3, -0.25) is 9.63 Å². The second-order valence-corrected chi connectivity index (χ2v) is 8.43. The third-order valence-corrected chi connectivity index (χ3v) is 6.06. The fourth-order valence-electron chi connectivity index (χ4n) is 3.37. The molecule has 166 valence electrons. The van der Waals surface area contributed by atoms with Crippen molar-refractivity contribution in [1.82, 2.24) is 30.4 Å². The third kappa shape index (κ3) is 4.41. The number of halogens is 1. The smallest absolute Gasteiger partial charge is 0.276 e. The zero-order chi connectivity index (χ0) is 22.8. The van der Waals surface area contributed by atoms with Crippen LogP contribution in [0.1, 0.15) is 15.9 Å². The van der Waals surface area contributed by atoms with Crippen LogP contribution < -0.4 is 5.48 Å². The number of nitrogens with one attached hydrogen (secondary N) is 1. The van der Waals surface area contributed by atoms with Crippen LogP contribution in [-0.2, 0) is 11.4 Å². The van der Waals surface area contributed by atoms with Crippen LogP contribution in [0.2, 0.25) is 5.02 Å². The van der Waals surface area contributed by atoms with Crippen LogP contribution >= 0.6 is 22.9 Å². The fourth-order valence-corrected chi connectivity index (χ4v) is 4.37. The van der Waals surface area contributed by atoms with Crippen LogP contribution in [-0.4, -0.2) is 49.2 Å². The van der Waals surface area contributed by atoms with Crippen LogP contribution in [0, 0.1) is 0 Å². The van der Waals surface area contributed by atoms with E-state index in [1.54, 1.807) is 34.2 Å². The molecule has 0 fully saturated rings. The summed E-state index contributed by atoms with van der Waals surface area (Å²) in [5.74, 6) is -0.497. The standard InChI is InChI=1S/C22H17ClN6O3S/c23-16-10-14(2-3-15(16)22(31)27-32-8-7-30)17-5-6-19-21(25-17)29(28-26-19)11-13-1-4-18-20(9-13)33-12-24-18/h1-6,9-10,12,30H,7-8,11H2,(H,27,31). The van der Waals surface area contributed by atoms with Crippen molar-refractivity contribution in [2.24, 2.45) is 0 Å². The minimum absolute atomic E-state index is 0.00876. The molecule has 5 rings (SSSR count). The number of hydrogen-bond donors (Lipinski definition) is 2. The van der Waals surface area contributed by atoms with Gasteiger partial charge in [-0.1, -0.05) is 28.9 Å². The monoisotopic (exact) mass is 480 g/mol. The molecule has 2 aromatic carbocycles. The first-order valence-corrected chi connectivity index (χ1v) is 11.2. The van der Waals surface area contributed by atoms with E-state index in [2.05, 4.69) is 26.8 Å². The summed E-state index contributed by atoms with van der Waals surface area (Å²) in [6.45, 7) is 0.312. The molecule has 0 spiro atoms. The number of fused-ring (bicyclic) bond motifs is 2. The summed E-state index contributed by atoms with van der Waals surface area (Å²) >= 11 is 7.93. The normalized spacial score (nSPS) is 11.3. The Kier molecular flexibility index (Phi) is 5.97. The van der Waals surface area contributed by atoms with Crippen molar-refractivity contribution in [3.8, 4) is 11.3 Å². The van der Waals surface area contributed by atoms with E-state index in [-0.39, 0.29) is 23.8 Å². The third-order valence-electron chi connectivity index (χ3n) is 4.96. The second kappa shape index (κ2) is 9.20. The summed E-state index contributed by atoms with van der Waals surface area (Å²) in [7, 11) is 0. The Morgan fingerprint density at radius 2 is 2.03 bits per heavy atom. The van der Waals surface area contributed by atoms with Gasteiger partial charge in [0, 0.05) is 5.56 Å². The number of aliphatic hydroxyl groups excluding tert-OH is 1. The van der Waals surface area contributed by atoms with Gasteiger partial charge in [-0.25, -0.2) is 20.1 Å². The number of benzene rings is 2. The first kappa shape index (κ1) is 21.4. The van der Waals surface area contributed by atoms with Crippen molar-refractivity contribution in [1.29, 1.82) is 0 Å². The summed E-state index contributed by atoms with van der Waals surface area (Å²) in [6.07, 6.45) is 0. The van der Waals surface area contributed by atoms with E-state index in [1.165, 1.54) is 0 Å². The van der Waals surface area contributed by atoms with Crippen molar-refractivity contribution in [3.63, 3.8) is 0 Å². The molecule has 33 heavy (non-hydrogen) atoms. The van der Waals surface area contributed by atoms with Crippen LogP contribution in [0.15, 0.2) is 54.0 Å². The number of pyridine rings is 1. The van der Waals surface area contributed by atoms with Gasteiger partial charge in [0.2, 0.25) is 0 Å². The molecule has 1 amide bonds. The van der Waals surface area contributed by atoms with E-state index in [4.69, 9.17) is 26.5 Å². The van der Waals surface area contributed by atoms with Crippen LogP contribution in [0.3, 0.4) is 0 Å². The molecule has 0 unspecified atom stereocenters. The number of rotatable bonds is 7. The van der Waals surface area contributed by atoms with E-state index in [0.717, 1.165) is 21.3 Å². The summed E-state index contributed by atoms with van der Waals surface area (Å²) in [4.78, 5) is 26.1. The number of aromatic nitrogens is 5. The first-order chi connectivity index (χ1) is 16.1. The van der Waals surface area contributed by atoms with Gasteiger partial charge in [-0.2, -0.15) is 0 Å². The van der Waals surface area contributed by atoms with E-state index in [1.807, 2.05) is 29.8 Å². The lowest BCUT2D eigenvalue weighted by Gasteiger charge is -2.08. The molecule has 5 aromatic rings. The predicted octanol–water partition coefficient (Wildman–Crippen LogP) is 3.46. The maximum Gasteiger partial charge on any atom is 0.276 e. The van der Waals surface area contributed by atoms with Crippen LogP contribution in [0.4, 0.5) is 0 Å². The second-order valence-electron chi connectivity index (χ2n) is 7.14. The molecule has 0 saturated heterocycles. The van der Waals surface area contributed by atoms with Crippen molar-refractivity contribution >= 4 is 50.2 Å². The molecule has 0 saturated carbocycles. The molecule has 3 aromatic heterocycles. The lowest BCUT2D eigenvalue weighted by molar-refractivity contribution is 0.0168. The predicted molar refractivity (Wildman–Crippen MR) is 125 cm³/mol. The van der Waals surface area contributed by atoms with Gasteiger partial charge < -0.3 is 5.11 Å². The quantitative estimate of drug-likeness (QED) is 0.271. The summed E-state index contributed by atoms with van der Waals surface area (Å²) in [6, 6.07) is 14.8. The first-order valence-electron chi connectivity index (χ1n) is 9.97.